The second-order valence-electron chi connectivity index (χ2n) is 4.92. The molecule has 19 heavy (non-hydrogen) atoms. The highest BCUT2D eigenvalue weighted by atomic mass is 32.2. The molecule has 1 aromatic heterocycles. The Morgan fingerprint density at radius 3 is 2.95 bits per heavy atom. The molecule has 1 aliphatic rings. The molecule has 1 atom stereocenters. The number of pyridine rings is 1. The molecular weight excluding hydrogens is 260 g/mol. The summed E-state index contributed by atoms with van der Waals surface area (Å²) in [7, 11) is 0. The first kappa shape index (κ1) is 14.1. The van der Waals surface area contributed by atoms with Crippen LogP contribution in [0.5, 0.6) is 0 Å². The van der Waals surface area contributed by atoms with Gasteiger partial charge in [-0.25, -0.2) is 0 Å². The first-order valence-electron chi connectivity index (χ1n) is 6.35. The highest BCUT2D eigenvalue weighted by Gasteiger charge is 2.31. The van der Waals surface area contributed by atoms with Gasteiger partial charge in [-0.05, 0) is 31.4 Å². The normalized spacial score (nSPS) is 19.0. The average molecular weight is 278 g/mol. The largest absolute Gasteiger partial charge is 0.312 e. The molecule has 1 fully saturated rings. The number of rotatable bonds is 3. The van der Waals surface area contributed by atoms with Crippen LogP contribution in [0.1, 0.15) is 24.6 Å². The fourth-order valence-corrected chi connectivity index (χ4v) is 2.97. The molecule has 1 saturated heterocycles. The number of hydrogen-bond acceptors (Lipinski definition) is 4. The lowest BCUT2D eigenvalue weighted by molar-refractivity contribution is -0.117. The van der Waals surface area contributed by atoms with E-state index >= 15 is 0 Å². The van der Waals surface area contributed by atoms with Gasteiger partial charge in [-0.15, -0.1) is 0 Å². The van der Waals surface area contributed by atoms with E-state index in [0.29, 0.717) is 13.0 Å². The number of hydrogen-bond donors (Lipinski definition) is 0. The van der Waals surface area contributed by atoms with Crippen molar-refractivity contribution in [3.05, 3.63) is 23.5 Å². The number of aromatic nitrogens is 1. The zero-order valence-electron chi connectivity index (χ0n) is 11.5. The summed E-state index contributed by atoms with van der Waals surface area (Å²) >= 11 is 1.31. The average Bonchev–Trinajstić information content (AvgIpc) is 2.71. The SMILES string of the molecule is CC(=O)SCC1CC(=O)N(c2ccnc(C)c2C)C1. The smallest absolute Gasteiger partial charge is 0.227 e. The summed E-state index contributed by atoms with van der Waals surface area (Å²) < 4.78 is 0. The van der Waals surface area contributed by atoms with Crippen molar-refractivity contribution in [2.45, 2.75) is 27.2 Å². The van der Waals surface area contributed by atoms with Crippen LogP contribution < -0.4 is 4.90 Å². The summed E-state index contributed by atoms with van der Waals surface area (Å²) in [6, 6.07) is 1.89. The summed E-state index contributed by atoms with van der Waals surface area (Å²) in [5.74, 6) is 1.12. The van der Waals surface area contributed by atoms with Crippen molar-refractivity contribution in [2.24, 2.45) is 5.92 Å². The van der Waals surface area contributed by atoms with Gasteiger partial charge in [0.2, 0.25) is 5.91 Å². The van der Waals surface area contributed by atoms with Crippen LogP contribution in [0.25, 0.3) is 0 Å². The second kappa shape index (κ2) is 5.74. The molecule has 102 valence electrons. The molecule has 0 aliphatic carbocycles. The number of carbonyl (C=O) groups is 2. The van der Waals surface area contributed by atoms with Crippen molar-refractivity contribution >= 4 is 28.5 Å². The Bertz CT molecular complexity index is 516. The quantitative estimate of drug-likeness (QED) is 0.851. The number of nitrogens with zero attached hydrogens (tertiary/aromatic N) is 2. The highest BCUT2D eigenvalue weighted by Crippen LogP contribution is 2.30. The minimum Gasteiger partial charge on any atom is -0.312 e. The van der Waals surface area contributed by atoms with Crippen LogP contribution >= 0.6 is 11.8 Å². The molecule has 1 amide bonds. The Labute approximate surface area is 117 Å². The zero-order chi connectivity index (χ0) is 14.0. The van der Waals surface area contributed by atoms with Gasteiger partial charge in [0.15, 0.2) is 5.12 Å². The minimum absolute atomic E-state index is 0.113. The lowest BCUT2D eigenvalue weighted by atomic mass is 10.1. The first-order chi connectivity index (χ1) is 8.99. The fourth-order valence-electron chi connectivity index (χ4n) is 2.28. The summed E-state index contributed by atoms with van der Waals surface area (Å²) in [6.07, 6.45) is 2.27. The van der Waals surface area contributed by atoms with E-state index in [-0.39, 0.29) is 16.9 Å². The van der Waals surface area contributed by atoms with E-state index in [0.717, 1.165) is 22.7 Å². The number of anilines is 1. The molecule has 1 aromatic rings. The van der Waals surface area contributed by atoms with Gasteiger partial charge >= 0.3 is 0 Å². The molecule has 0 bridgehead atoms. The molecule has 0 radical (unpaired) electrons. The van der Waals surface area contributed by atoms with E-state index in [2.05, 4.69) is 4.98 Å². The number of thioether (sulfide) groups is 1. The van der Waals surface area contributed by atoms with Crippen LogP contribution in [-0.2, 0) is 9.59 Å². The van der Waals surface area contributed by atoms with Gasteiger partial charge in [-0.1, -0.05) is 11.8 Å². The van der Waals surface area contributed by atoms with Gasteiger partial charge in [0, 0.05) is 43.2 Å². The molecular formula is C14H18N2O2S. The molecule has 5 heteroatoms. The predicted molar refractivity (Wildman–Crippen MR) is 77.3 cm³/mol. The third kappa shape index (κ3) is 3.15. The zero-order valence-corrected chi connectivity index (χ0v) is 12.3. The highest BCUT2D eigenvalue weighted by molar-refractivity contribution is 8.13. The van der Waals surface area contributed by atoms with Gasteiger partial charge in [0.25, 0.3) is 0 Å². The van der Waals surface area contributed by atoms with Crippen LogP contribution in [0.4, 0.5) is 5.69 Å². The monoisotopic (exact) mass is 278 g/mol. The molecule has 0 aromatic carbocycles. The second-order valence-corrected chi connectivity index (χ2v) is 6.11. The van der Waals surface area contributed by atoms with E-state index in [4.69, 9.17) is 0 Å². The van der Waals surface area contributed by atoms with E-state index in [9.17, 15) is 9.59 Å². The van der Waals surface area contributed by atoms with Gasteiger partial charge < -0.3 is 4.90 Å². The maximum atomic E-state index is 12.1. The van der Waals surface area contributed by atoms with Gasteiger partial charge in [-0.3, -0.25) is 14.6 Å². The maximum absolute atomic E-state index is 12.1. The standard InChI is InChI=1S/C14H18N2O2S/c1-9-10(2)15-5-4-13(9)16-7-12(6-14(16)18)8-19-11(3)17/h4-5,12H,6-8H2,1-3H3. The van der Waals surface area contributed by atoms with Crippen molar-refractivity contribution in [1.29, 1.82) is 0 Å². The lowest BCUT2D eigenvalue weighted by Crippen LogP contribution is -2.25. The Balaban J connectivity index is 2.11. The molecule has 1 aliphatic heterocycles. The van der Waals surface area contributed by atoms with Gasteiger partial charge in [0.05, 0.1) is 0 Å². The van der Waals surface area contributed by atoms with Crippen molar-refractivity contribution in [2.75, 3.05) is 17.2 Å². The van der Waals surface area contributed by atoms with E-state index in [1.54, 1.807) is 13.1 Å². The topological polar surface area (TPSA) is 50.3 Å². The third-order valence-corrected chi connectivity index (χ3v) is 4.49. The number of carbonyl (C=O) groups excluding carboxylic acids is 2. The van der Waals surface area contributed by atoms with Crippen LogP contribution in [0.3, 0.4) is 0 Å². The summed E-state index contributed by atoms with van der Waals surface area (Å²) in [6.45, 7) is 6.20. The van der Waals surface area contributed by atoms with Crippen molar-refractivity contribution < 1.29 is 9.59 Å². The summed E-state index contributed by atoms with van der Waals surface area (Å²) in [5.41, 5.74) is 2.95. The lowest BCUT2D eigenvalue weighted by Gasteiger charge is -2.19. The molecule has 0 spiro atoms. The van der Waals surface area contributed by atoms with Crippen molar-refractivity contribution in [3.63, 3.8) is 0 Å². The van der Waals surface area contributed by atoms with E-state index < -0.39 is 0 Å². The molecule has 0 saturated carbocycles. The number of amides is 1. The van der Waals surface area contributed by atoms with Crippen molar-refractivity contribution in [3.8, 4) is 0 Å². The summed E-state index contributed by atoms with van der Waals surface area (Å²) in [4.78, 5) is 29.1. The molecule has 2 rings (SSSR count). The van der Waals surface area contributed by atoms with Crippen LogP contribution in [-0.4, -0.2) is 28.3 Å². The Kier molecular flexibility index (Phi) is 4.24. The Morgan fingerprint density at radius 2 is 2.26 bits per heavy atom. The van der Waals surface area contributed by atoms with Crippen LogP contribution in [0.2, 0.25) is 0 Å². The molecule has 0 N–H and O–H groups in total. The summed E-state index contributed by atoms with van der Waals surface area (Å²) in [5, 5.41) is 0.113. The number of aryl methyl sites for hydroxylation is 1. The molecule has 2 heterocycles. The fraction of sp³-hybridized carbons (Fsp3) is 0.500. The van der Waals surface area contributed by atoms with E-state index in [1.807, 2.05) is 24.8 Å². The van der Waals surface area contributed by atoms with Crippen molar-refractivity contribution in [1.82, 2.24) is 4.98 Å². The van der Waals surface area contributed by atoms with Gasteiger partial charge in [0.1, 0.15) is 0 Å². The first-order valence-corrected chi connectivity index (χ1v) is 7.33. The van der Waals surface area contributed by atoms with Crippen LogP contribution in [0, 0.1) is 19.8 Å². The Hall–Kier alpha value is -1.36. The minimum atomic E-state index is 0.113. The Morgan fingerprint density at radius 1 is 1.53 bits per heavy atom. The van der Waals surface area contributed by atoms with Gasteiger partial charge in [-0.2, -0.15) is 0 Å². The molecule has 4 nitrogen and oxygen atoms in total. The molecule has 1 unspecified atom stereocenters. The van der Waals surface area contributed by atoms with Crippen LogP contribution in [0.15, 0.2) is 12.3 Å². The maximum Gasteiger partial charge on any atom is 0.227 e. The van der Waals surface area contributed by atoms with E-state index in [1.165, 1.54) is 11.8 Å². The predicted octanol–water partition coefficient (Wildman–Crippen LogP) is 2.33. The third-order valence-electron chi connectivity index (χ3n) is 3.45.